The van der Waals surface area contributed by atoms with Gasteiger partial charge in [-0.1, -0.05) is 23.3 Å². The molecule has 0 spiro atoms. The zero-order valence-corrected chi connectivity index (χ0v) is 16.2. The van der Waals surface area contributed by atoms with Crippen LogP contribution in [0.1, 0.15) is 22.8 Å². The number of thiazole rings is 1. The molecule has 0 N–H and O–H groups in total. The minimum absolute atomic E-state index is 0.116. The molecule has 7 nitrogen and oxygen atoms in total. The third-order valence-corrected chi connectivity index (χ3v) is 5.19. The fourth-order valence-electron chi connectivity index (χ4n) is 2.84. The molecule has 2 aromatic carbocycles. The third-order valence-electron chi connectivity index (χ3n) is 4.14. The molecule has 0 saturated heterocycles. The summed E-state index contributed by atoms with van der Waals surface area (Å²) in [7, 11) is 0. The number of ether oxygens (including phenoxy) is 1. The third kappa shape index (κ3) is 3.66. The Labute approximate surface area is 165 Å². The number of carbonyl (C=O) groups excluding carboxylic acids is 1. The SMILES string of the molecule is C#CCn1c(=NC(=O)c2cccc([N+](=O)[O-])c2C)sc2cc(OCC)ccc21. The number of fused-ring (bicyclic) bond motifs is 1. The zero-order valence-electron chi connectivity index (χ0n) is 15.3. The second-order valence-corrected chi connectivity index (χ2v) is 6.87. The first kappa shape index (κ1) is 19.3. The molecule has 0 aliphatic rings. The molecular weight excluding hydrogens is 378 g/mol. The number of hydrogen-bond acceptors (Lipinski definition) is 5. The van der Waals surface area contributed by atoms with Crippen LogP contribution in [-0.4, -0.2) is 22.0 Å². The molecule has 0 fully saturated rings. The summed E-state index contributed by atoms with van der Waals surface area (Å²) in [6, 6.07) is 9.94. The van der Waals surface area contributed by atoms with Crippen LogP contribution >= 0.6 is 11.3 Å². The van der Waals surface area contributed by atoms with Gasteiger partial charge < -0.3 is 9.30 Å². The van der Waals surface area contributed by atoms with E-state index in [2.05, 4.69) is 10.9 Å². The summed E-state index contributed by atoms with van der Waals surface area (Å²) < 4.78 is 8.16. The molecule has 0 aliphatic heterocycles. The van der Waals surface area contributed by atoms with Crippen LogP contribution in [0.4, 0.5) is 5.69 Å². The average Bonchev–Trinajstić information content (AvgIpc) is 2.98. The van der Waals surface area contributed by atoms with Crippen molar-refractivity contribution in [3.05, 3.63) is 62.4 Å². The maximum Gasteiger partial charge on any atom is 0.280 e. The number of aromatic nitrogens is 1. The molecule has 28 heavy (non-hydrogen) atoms. The van der Waals surface area contributed by atoms with Gasteiger partial charge in [0.2, 0.25) is 0 Å². The van der Waals surface area contributed by atoms with E-state index in [1.807, 2.05) is 25.1 Å². The molecule has 1 amide bonds. The van der Waals surface area contributed by atoms with E-state index in [0.717, 1.165) is 16.0 Å². The summed E-state index contributed by atoms with van der Waals surface area (Å²) in [5.41, 5.74) is 1.20. The van der Waals surface area contributed by atoms with E-state index in [4.69, 9.17) is 11.2 Å². The second kappa shape index (κ2) is 8.06. The predicted molar refractivity (Wildman–Crippen MR) is 108 cm³/mol. The highest BCUT2D eigenvalue weighted by atomic mass is 32.1. The lowest BCUT2D eigenvalue weighted by atomic mass is 10.1. The quantitative estimate of drug-likeness (QED) is 0.374. The summed E-state index contributed by atoms with van der Waals surface area (Å²) in [6.45, 7) is 4.23. The van der Waals surface area contributed by atoms with Crippen molar-refractivity contribution in [1.82, 2.24) is 4.57 Å². The topological polar surface area (TPSA) is 86.7 Å². The van der Waals surface area contributed by atoms with E-state index >= 15 is 0 Å². The molecule has 1 heterocycles. The minimum atomic E-state index is -0.552. The number of nitro groups is 1. The highest BCUT2D eigenvalue weighted by Gasteiger charge is 2.18. The Morgan fingerprint density at radius 3 is 2.86 bits per heavy atom. The maximum absolute atomic E-state index is 12.7. The number of amides is 1. The van der Waals surface area contributed by atoms with Crippen molar-refractivity contribution in [2.45, 2.75) is 20.4 Å². The van der Waals surface area contributed by atoms with Gasteiger partial charge in [0.15, 0.2) is 4.80 Å². The van der Waals surface area contributed by atoms with E-state index in [-0.39, 0.29) is 23.4 Å². The summed E-state index contributed by atoms with van der Waals surface area (Å²) in [5, 5.41) is 11.1. The van der Waals surface area contributed by atoms with E-state index in [9.17, 15) is 14.9 Å². The lowest BCUT2D eigenvalue weighted by molar-refractivity contribution is -0.385. The number of nitro benzene ring substituents is 1. The highest BCUT2D eigenvalue weighted by Crippen LogP contribution is 2.24. The van der Waals surface area contributed by atoms with Crippen LogP contribution in [0.5, 0.6) is 5.75 Å². The fraction of sp³-hybridized carbons (Fsp3) is 0.200. The Bertz CT molecular complexity index is 1180. The van der Waals surface area contributed by atoms with Crippen molar-refractivity contribution in [1.29, 1.82) is 0 Å². The van der Waals surface area contributed by atoms with Gasteiger partial charge >= 0.3 is 0 Å². The fourth-order valence-corrected chi connectivity index (χ4v) is 3.90. The molecule has 3 rings (SSSR count). The Hall–Kier alpha value is -3.44. The van der Waals surface area contributed by atoms with Crippen LogP contribution < -0.4 is 9.54 Å². The van der Waals surface area contributed by atoms with Gasteiger partial charge in [-0.15, -0.1) is 6.42 Å². The molecule has 0 aliphatic carbocycles. The zero-order chi connectivity index (χ0) is 20.3. The van der Waals surface area contributed by atoms with Crippen molar-refractivity contribution < 1.29 is 14.5 Å². The highest BCUT2D eigenvalue weighted by molar-refractivity contribution is 7.16. The Kier molecular flexibility index (Phi) is 5.57. The number of rotatable bonds is 5. The number of nitrogens with zero attached hydrogens (tertiary/aromatic N) is 3. The van der Waals surface area contributed by atoms with Crippen LogP contribution in [0.2, 0.25) is 0 Å². The predicted octanol–water partition coefficient (Wildman–Crippen LogP) is 3.69. The molecule has 142 valence electrons. The van der Waals surface area contributed by atoms with Crippen LogP contribution in [0, 0.1) is 29.4 Å². The van der Waals surface area contributed by atoms with Crippen LogP contribution in [0.25, 0.3) is 10.2 Å². The molecule has 1 aromatic heterocycles. The number of benzene rings is 2. The van der Waals surface area contributed by atoms with E-state index in [1.165, 1.54) is 36.5 Å². The summed E-state index contributed by atoms with van der Waals surface area (Å²) in [6.07, 6.45) is 5.48. The van der Waals surface area contributed by atoms with Crippen molar-refractivity contribution >= 4 is 33.1 Å². The van der Waals surface area contributed by atoms with Gasteiger partial charge in [0.25, 0.3) is 11.6 Å². The summed E-state index contributed by atoms with van der Waals surface area (Å²) in [5.74, 6) is 2.74. The van der Waals surface area contributed by atoms with Crippen molar-refractivity contribution in [2.24, 2.45) is 4.99 Å². The molecule has 3 aromatic rings. The standard InChI is InChI=1S/C20H17N3O4S/c1-4-11-22-17-10-9-14(27-5-2)12-18(17)28-20(22)21-19(24)15-7-6-8-16(13(15)3)23(25)26/h1,6-10,12H,5,11H2,2-3H3. The monoisotopic (exact) mass is 395 g/mol. The van der Waals surface area contributed by atoms with Gasteiger partial charge in [-0.3, -0.25) is 14.9 Å². The molecule has 8 heteroatoms. The summed E-state index contributed by atoms with van der Waals surface area (Å²) in [4.78, 5) is 28.0. The lowest BCUT2D eigenvalue weighted by Gasteiger charge is -2.04. The van der Waals surface area contributed by atoms with E-state index in [0.29, 0.717) is 11.4 Å². The largest absolute Gasteiger partial charge is 0.494 e. The van der Waals surface area contributed by atoms with Gasteiger partial charge in [0.1, 0.15) is 5.75 Å². The normalized spacial score (nSPS) is 11.4. The molecule has 0 radical (unpaired) electrons. The van der Waals surface area contributed by atoms with Gasteiger partial charge in [0, 0.05) is 11.6 Å². The van der Waals surface area contributed by atoms with Crippen molar-refractivity contribution in [3.8, 4) is 18.1 Å². The molecular formula is C20H17N3O4S. The van der Waals surface area contributed by atoms with E-state index in [1.54, 1.807) is 4.57 Å². The van der Waals surface area contributed by atoms with Gasteiger partial charge in [-0.05, 0) is 38.1 Å². The molecule has 0 bridgehead atoms. The molecule has 0 atom stereocenters. The van der Waals surface area contributed by atoms with Gasteiger partial charge in [-0.2, -0.15) is 4.99 Å². The second-order valence-electron chi connectivity index (χ2n) is 5.86. The smallest absolute Gasteiger partial charge is 0.280 e. The molecule has 0 unspecified atom stereocenters. The minimum Gasteiger partial charge on any atom is -0.494 e. The lowest BCUT2D eigenvalue weighted by Crippen LogP contribution is -2.17. The van der Waals surface area contributed by atoms with Crippen molar-refractivity contribution in [2.75, 3.05) is 6.61 Å². The van der Waals surface area contributed by atoms with Gasteiger partial charge in [0.05, 0.1) is 33.9 Å². The van der Waals surface area contributed by atoms with E-state index < -0.39 is 10.8 Å². The first-order valence-electron chi connectivity index (χ1n) is 8.49. The number of terminal acetylenes is 1. The molecule has 0 saturated carbocycles. The van der Waals surface area contributed by atoms with Crippen LogP contribution in [-0.2, 0) is 6.54 Å². The van der Waals surface area contributed by atoms with Gasteiger partial charge in [-0.25, -0.2) is 0 Å². The summed E-state index contributed by atoms with van der Waals surface area (Å²) >= 11 is 1.31. The average molecular weight is 395 g/mol. The Morgan fingerprint density at radius 2 is 2.18 bits per heavy atom. The van der Waals surface area contributed by atoms with Crippen LogP contribution in [0.15, 0.2) is 41.4 Å². The first-order valence-corrected chi connectivity index (χ1v) is 9.30. The Balaban J connectivity index is 2.14. The maximum atomic E-state index is 12.7. The van der Waals surface area contributed by atoms with Crippen molar-refractivity contribution in [3.63, 3.8) is 0 Å². The Morgan fingerprint density at radius 1 is 1.39 bits per heavy atom. The number of carbonyl (C=O) groups is 1. The van der Waals surface area contributed by atoms with Crippen LogP contribution in [0.3, 0.4) is 0 Å². The number of hydrogen-bond donors (Lipinski definition) is 0. The first-order chi connectivity index (χ1) is 13.5.